The van der Waals surface area contributed by atoms with E-state index in [1.165, 1.54) is 45.1 Å². The zero-order valence-corrected chi connectivity index (χ0v) is 12.6. The van der Waals surface area contributed by atoms with Crippen LogP contribution in [-0.4, -0.2) is 29.6 Å². The van der Waals surface area contributed by atoms with Crippen molar-refractivity contribution in [1.82, 2.24) is 10.2 Å². The minimum Gasteiger partial charge on any atom is -0.308 e. The normalized spacial score (nSPS) is 31.0. The molecule has 1 aliphatic heterocycles. The Labute approximate surface area is 120 Å². The van der Waals surface area contributed by atoms with E-state index in [9.17, 15) is 0 Å². The Morgan fingerprint density at radius 1 is 1.37 bits per heavy atom. The quantitative estimate of drug-likeness (QED) is 0.909. The van der Waals surface area contributed by atoms with Crippen molar-refractivity contribution in [3.8, 4) is 0 Å². The largest absolute Gasteiger partial charge is 0.308 e. The lowest BCUT2D eigenvalue weighted by Crippen LogP contribution is -2.33. The van der Waals surface area contributed by atoms with Gasteiger partial charge in [-0.3, -0.25) is 4.90 Å². The molecule has 1 aromatic rings. The lowest BCUT2D eigenvalue weighted by Gasteiger charge is -2.19. The Hall–Kier alpha value is -0.380. The van der Waals surface area contributed by atoms with E-state index in [0.29, 0.717) is 6.04 Å². The summed E-state index contributed by atoms with van der Waals surface area (Å²) in [5, 5.41) is 3.80. The van der Waals surface area contributed by atoms with Gasteiger partial charge in [-0.15, -0.1) is 11.3 Å². The molecule has 0 bridgehead atoms. The molecular formula is C16H24N2S. The van der Waals surface area contributed by atoms with Crippen LogP contribution < -0.4 is 5.32 Å². The van der Waals surface area contributed by atoms with Gasteiger partial charge in [0.2, 0.25) is 0 Å². The molecule has 0 spiro atoms. The molecule has 3 heteroatoms. The van der Waals surface area contributed by atoms with Crippen molar-refractivity contribution >= 4 is 11.3 Å². The van der Waals surface area contributed by atoms with Crippen LogP contribution in [0.25, 0.3) is 0 Å². The number of hydrogen-bond acceptors (Lipinski definition) is 3. The zero-order valence-electron chi connectivity index (χ0n) is 11.8. The van der Waals surface area contributed by atoms with Crippen molar-refractivity contribution in [3.63, 3.8) is 0 Å². The van der Waals surface area contributed by atoms with E-state index < -0.39 is 0 Å². The summed E-state index contributed by atoms with van der Waals surface area (Å²) in [5.41, 5.74) is 1.64. The lowest BCUT2D eigenvalue weighted by atomic mass is 10.2. The van der Waals surface area contributed by atoms with Gasteiger partial charge in [0.15, 0.2) is 0 Å². The number of fused-ring (bicyclic) bond motifs is 1. The average Bonchev–Trinajstić information content (AvgIpc) is 2.84. The van der Waals surface area contributed by atoms with Crippen LogP contribution >= 0.6 is 11.3 Å². The topological polar surface area (TPSA) is 15.3 Å². The maximum atomic E-state index is 3.80. The van der Waals surface area contributed by atoms with Gasteiger partial charge in [0.25, 0.3) is 0 Å². The van der Waals surface area contributed by atoms with Crippen molar-refractivity contribution < 1.29 is 0 Å². The summed E-state index contributed by atoms with van der Waals surface area (Å²) in [5.74, 6) is 0. The van der Waals surface area contributed by atoms with Crippen LogP contribution in [-0.2, 0) is 19.4 Å². The van der Waals surface area contributed by atoms with Crippen LogP contribution in [0.15, 0.2) is 6.07 Å². The predicted molar refractivity (Wildman–Crippen MR) is 80.8 cm³/mol. The third-order valence-electron chi connectivity index (χ3n) is 5.00. The fourth-order valence-electron chi connectivity index (χ4n) is 3.84. The van der Waals surface area contributed by atoms with Gasteiger partial charge in [0.1, 0.15) is 0 Å². The molecule has 0 aromatic carbocycles. The maximum absolute atomic E-state index is 3.80. The second-order valence-electron chi connectivity index (χ2n) is 6.61. The van der Waals surface area contributed by atoms with Gasteiger partial charge >= 0.3 is 0 Å². The highest BCUT2D eigenvalue weighted by Gasteiger charge is 2.38. The van der Waals surface area contributed by atoms with E-state index in [1.807, 2.05) is 11.3 Å². The van der Waals surface area contributed by atoms with E-state index in [4.69, 9.17) is 0 Å². The van der Waals surface area contributed by atoms with Gasteiger partial charge < -0.3 is 5.32 Å². The van der Waals surface area contributed by atoms with Crippen LogP contribution in [0.5, 0.6) is 0 Å². The molecule has 3 aliphatic rings. The van der Waals surface area contributed by atoms with Gasteiger partial charge in [-0.25, -0.2) is 0 Å². The van der Waals surface area contributed by atoms with E-state index in [1.54, 1.807) is 15.3 Å². The molecular weight excluding hydrogens is 252 g/mol. The Balaban J connectivity index is 1.32. The van der Waals surface area contributed by atoms with Gasteiger partial charge in [-0.05, 0) is 57.1 Å². The molecule has 1 saturated carbocycles. The monoisotopic (exact) mass is 276 g/mol. The highest BCUT2D eigenvalue weighted by Crippen LogP contribution is 2.34. The highest BCUT2D eigenvalue weighted by molar-refractivity contribution is 7.12. The number of thiophene rings is 1. The molecule has 104 valence electrons. The first-order valence-corrected chi connectivity index (χ1v) is 8.71. The molecule has 1 aromatic heterocycles. The number of rotatable bonds is 4. The highest BCUT2D eigenvalue weighted by atomic mass is 32.1. The maximum Gasteiger partial charge on any atom is 0.0303 e. The first kappa shape index (κ1) is 12.4. The SMILES string of the molecule is CC1CC(NCc2cc3c(s2)CCC3)CN1C1CC1. The average molecular weight is 276 g/mol. The number of nitrogens with zero attached hydrogens (tertiary/aromatic N) is 1. The van der Waals surface area contributed by atoms with Gasteiger partial charge in [0, 0.05) is 41.0 Å². The zero-order chi connectivity index (χ0) is 12.8. The van der Waals surface area contributed by atoms with E-state index in [0.717, 1.165) is 18.6 Å². The Morgan fingerprint density at radius 2 is 2.26 bits per heavy atom. The molecule has 2 fully saturated rings. The van der Waals surface area contributed by atoms with Crippen molar-refractivity contribution in [2.45, 2.75) is 70.1 Å². The summed E-state index contributed by atoms with van der Waals surface area (Å²) >= 11 is 2.05. The number of aryl methyl sites for hydroxylation is 2. The lowest BCUT2D eigenvalue weighted by molar-refractivity contribution is 0.255. The first-order valence-electron chi connectivity index (χ1n) is 7.89. The number of likely N-dealkylation sites (tertiary alicyclic amines) is 1. The van der Waals surface area contributed by atoms with Gasteiger partial charge in [-0.2, -0.15) is 0 Å². The fraction of sp³-hybridized carbons (Fsp3) is 0.750. The van der Waals surface area contributed by atoms with Gasteiger partial charge in [0.05, 0.1) is 0 Å². The van der Waals surface area contributed by atoms with E-state index in [-0.39, 0.29) is 0 Å². The Kier molecular flexibility index (Phi) is 3.17. The second-order valence-corrected chi connectivity index (χ2v) is 7.83. The van der Waals surface area contributed by atoms with Gasteiger partial charge in [-0.1, -0.05) is 0 Å². The van der Waals surface area contributed by atoms with Crippen molar-refractivity contribution in [2.24, 2.45) is 0 Å². The second kappa shape index (κ2) is 4.87. The molecule has 0 amide bonds. The molecule has 0 radical (unpaired) electrons. The Morgan fingerprint density at radius 3 is 3.05 bits per heavy atom. The number of hydrogen-bond donors (Lipinski definition) is 1. The molecule has 2 aliphatic carbocycles. The fourth-order valence-corrected chi connectivity index (χ4v) is 5.05. The summed E-state index contributed by atoms with van der Waals surface area (Å²) in [6, 6.07) is 4.88. The molecule has 2 atom stereocenters. The number of nitrogens with one attached hydrogen (secondary N) is 1. The van der Waals surface area contributed by atoms with Crippen LogP contribution in [0.2, 0.25) is 0 Å². The smallest absolute Gasteiger partial charge is 0.0303 e. The van der Waals surface area contributed by atoms with Crippen molar-refractivity contribution in [2.75, 3.05) is 6.54 Å². The molecule has 1 saturated heterocycles. The van der Waals surface area contributed by atoms with Crippen LogP contribution in [0.3, 0.4) is 0 Å². The standard InChI is InChI=1S/C16H24N2S/c1-11-7-13(10-18(11)14-5-6-14)17-9-15-8-12-3-2-4-16(12)19-15/h8,11,13-14,17H,2-7,9-10H2,1H3. The Bertz CT molecular complexity index is 442. The molecule has 4 rings (SSSR count). The minimum atomic E-state index is 0.715. The summed E-state index contributed by atoms with van der Waals surface area (Å²) in [6.07, 6.45) is 8.24. The predicted octanol–water partition coefficient (Wildman–Crippen LogP) is 2.95. The van der Waals surface area contributed by atoms with Crippen LogP contribution in [0.4, 0.5) is 0 Å². The first-order chi connectivity index (χ1) is 9.29. The minimum absolute atomic E-state index is 0.715. The summed E-state index contributed by atoms with van der Waals surface area (Å²) < 4.78 is 0. The third kappa shape index (κ3) is 2.48. The third-order valence-corrected chi connectivity index (χ3v) is 6.24. The molecule has 2 heterocycles. The van der Waals surface area contributed by atoms with E-state index >= 15 is 0 Å². The molecule has 19 heavy (non-hydrogen) atoms. The summed E-state index contributed by atoms with van der Waals surface area (Å²) in [6.45, 7) is 4.77. The summed E-state index contributed by atoms with van der Waals surface area (Å²) in [7, 11) is 0. The molecule has 1 N–H and O–H groups in total. The summed E-state index contributed by atoms with van der Waals surface area (Å²) in [4.78, 5) is 5.95. The van der Waals surface area contributed by atoms with Crippen molar-refractivity contribution in [1.29, 1.82) is 0 Å². The van der Waals surface area contributed by atoms with Crippen molar-refractivity contribution in [3.05, 3.63) is 21.4 Å². The molecule has 2 nitrogen and oxygen atoms in total. The molecule has 2 unspecified atom stereocenters. The van der Waals surface area contributed by atoms with Crippen LogP contribution in [0.1, 0.15) is 47.9 Å². The van der Waals surface area contributed by atoms with Crippen LogP contribution in [0, 0.1) is 0 Å². The van der Waals surface area contributed by atoms with E-state index in [2.05, 4.69) is 23.2 Å².